The van der Waals surface area contributed by atoms with Crippen molar-refractivity contribution < 1.29 is 23.8 Å². The van der Waals surface area contributed by atoms with Crippen molar-refractivity contribution in [1.82, 2.24) is 5.32 Å². The number of hydrogen-bond acceptors (Lipinski definition) is 5. The summed E-state index contributed by atoms with van der Waals surface area (Å²) in [5.41, 5.74) is 0.399. The third-order valence-corrected chi connectivity index (χ3v) is 2.96. The zero-order valence-electron chi connectivity index (χ0n) is 11.3. The molecule has 1 rings (SSSR count). The lowest BCUT2D eigenvalue weighted by Crippen LogP contribution is -2.31. The highest BCUT2D eigenvalue weighted by Gasteiger charge is 2.10. The molecule has 7 heteroatoms. The second-order valence-electron chi connectivity index (χ2n) is 3.77. The molecule has 0 heterocycles. The average molecular weight is 346 g/mol. The molecule has 0 aliphatic carbocycles. The van der Waals surface area contributed by atoms with E-state index in [1.165, 1.54) is 7.11 Å². The van der Waals surface area contributed by atoms with Gasteiger partial charge in [-0.25, -0.2) is 4.79 Å². The largest absolute Gasteiger partial charge is 0.483 e. The number of carbonyl (C=O) groups is 2. The maximum atomic E-state index is 11.4. The van der Waals surface area contributed by atoms with Gasteiger partial charge in [-0.05, 0) is 34.1 Å². The summed E-state index contributed by atoms with van der Waals surface area (Å²) in [5.74, 6) is -0.208. The van der Waals surface area contributed by atoms with Gasteiger partial charge in [-0.15, -0.1) is 0 Å². The topological polar surface area (TPSA) is 73.9 Å². The van der Waals surface area contributed by atoms with Crippen LogP contribution in [0.25, 0.3) is 0 Å². The Morgan fingerprint density at radius 2 is 2.05 bits per heavy atom. The molecule has 0 spiro atoms. The van der Waals surface area contributed by atoms with Crippen LogP contribution in [0.5, 0.6) is 5.75 Å². The summed E-state index contributed by atoms with van der Waals surface area (Å²) in [6, 6.07) is 4.73. The van der Waals surface area contributed by atoms with Crippen molar-refractivity contribution in [2.75, 3.05) is 34.0 Å². The second kappa shape index (κ2) is 8.55. The molecule has 0 aromatic heterocycles. The highest BCUT2D eigenvalue weighted by Crippen LogP contribution is 2.26. The van der Waals surface area contributed by atoms with Crippen LogP contribution in [0.3, 0.4) is 0 Å². The first-order valence-corrected chi connectivity index (χ1v) is 6.64. The molecular weight excluding hydrogens is 330 g/mol. The Morgan fingerprint density at radius 1 is 1.30 bits per heavy atom. The van der Waals surface area contributed by atoms with Gasteiger partial charge in [-0.3, -0.25) is 4.79 Å². The molecule has 0 atom stereocenters. The number of halogens is 1. The standard InChI is InChI=1S/C13H16BrNO5/c1-18-6-5-15-12(16)8-20-11-4-3-9(7-10(11)14)13(17)19-2/h3-4,7H,5-6,8H2,1-2H3,(H,15,16). The maximum absolute atomic E-state index is 11.4. The SMILES string of the molecule is COCCNC(=O)COc1ccc(C(=O)OC)cc1Br. The predicted octanol–water partition coefficient (Wildman–Crippen LogP) is 1.38. The number of nitrogens with one attached hydrogen (secondary N) is 1. The number of carbonyl (C=O) groups excluding carboxylic acids is 2. The van der Waals surface area contributed by atoms with Gasteiger partial charge < -0.3 is 19.5 Å². The molecule has 0 radical (unpaired) electrons. The van der Waals surface area contributed by atoms with Crippen molar-refractivity contribution >= 4 is 27.8 Å². The first-order valence-electron chi connectivity index (χ1n) is 5.84. The van der Waals surface area contributed by atoms with Gasteiger partial charge in [-0.1, -0.05) is 0 Å². The summed E-state index contributed by atoms with van der Waals surface area (Å²) in [4.78, 5) is 22.8. The molecule has 0 unspecified atom stereocenters. The number of esters is 1. The van der Waals surface area contributed by atoms with E-state index >= 15 is 0 Å². The zero-order chi connectivity index (χ0) is 15.0. The fraction of sp³-hybridized carbons (Fsp3) is 0.385. The van der Waals surface area contributed by atoms with Crippen LogP contribution in [0.2, 0.25) is 0 Å². The second-order valence-corrected chi connectivity index (χ2v) is 4.62. The third kappa shape index (κ3) is 5.18. The summed E-state index contributed by atoms with van der Waals surface area (Å²) < 4.78 is 15.3. The van der Waals surface area contributed by atoms with E-state index in [-0.39, 0.29) is 12.5 Å². The van der Waals surface area contributed by atoms with E-state index in [9.17, 15) is 9.59 Å². The van der Waals surface area contributed by atoms with Crippen LogP contribution in [0, 0.1) is 0 Å². The molecular formula is C13H16BrNO5. The quantitative estimate of drug-likeness (QED) is 0.596. The Balaban J connectivity index is 2.52. The van der Waals surface area contributed by atoms with E-state index in [0.717, 1.165) is 0 Å². The molecule has 110 valence electrons. The monoisotopic (exact) mass is 345 g/mol. The predicted molar refractivity (Wildman–Crippen MR) is 75.9 cm³/mol. The van der Waals surface area contributed by atoms with Crippen LogP contribution in [-0.2, 0) is 14.3 Å². The van der Waals surface area contributed by atoms with Crippen LogP contribution in [0.1, 0.15) is 10.4 Å². The van der Waals surface area contributed by atoms with Crippen molar-refractivity contribution in [3.05, 3.63) is 28.2 Å². The fourth-order valence-corrected chi connectivity index (χ4v) is 1.84. The van der Waals surface area contributed by atoms with Crippen LogP contribution in [-0.4, -0.2) is 45.9 Å². The summed E-state index contributed by atoms with van der Waals surface area (Å²) in [7, 11) is 2.87. The zero-order valence-corrected chi connectivity index (χ0v) is 12.9. The number of hydrogen-bond donors (Lipinski definition) is 1. The Bertz CT molecular complexity index is 478. The first kappa shape index (κ1) is 16.5. The van der Waals surface area contributed by atoms with Crippen LogP contribution in [0.4, 0.5) is 0 Å². The molecule has 0 aliphatic heterocycles. The Labute approximate surface area is 125 Å². The summed E-state index contributed by atoms with van der Waals surface area (Å²) in [6.07, 6.45) is 0. The number of amides is 1. The Hall–Kier alpha value is -1.60. The van der Waals surface area contributed by atoms with E-state index in [2.05, 4.69) is 26.0 Å². The third-order valence-electron chi connectivity index (χ3n) is 2.34. The van der Waals surface area contributed by atoms with Gasteiger partial charge in [0, 0.05) is 13.7 Å². The van der Waals surface area contributed by atoms with Crippen molar-refractivity contribution in [3.63, 3.8) is 0 Å². The lowest BCUT2D eigenvalue weighted by atomic mass is 10.2. The van der Waals surface area contributed by atoms with Gasteiger partial charge in [0.2, 0.25) is 0 Å². The Morgan fingerprint density at radius 3 is 2.65 bits per heavy atom. The molecule has 0 fully saturated rings. The molecule has 1 aromatic carbocycles. The van der Waals surface area contributed by atoms with Crippen LogP contribution in [0.15, 0.2) is 22.7 Å². The van der Waals surface area contributed by atoms with Gasteiger partial charge in [0.15, 0.2) is 6.61 Å². The lowest BCUT2D eigenvalue weighted by Gasteiger charge is -2.09. The van der Waals surface area contributed by atoms with Gasteiger partial charge in [0.1, 0.15) is 5.75 Å². The molecule has 20 heavy (non-hydrogen) atoms. The summed E-state index contributed by atoms with van der Waals surface area (Å²) >= 11 is 3.27. The van der Waals surface area contributed by atoms with E-state index in [4.69, 9.17) is 9.47 Å². The van der Waals surface area contributed by atoms with Crippen molar-refractivity contribution in [1.29, 1.82) is 0 Å². The van der Waals surface area contributed by atoms with E-state index in [0.29, 0.717) is 28.9 Å². The van der Waals surface area contributed by atoms with Crippen molar-refractivity contribution in [2.24, 2.45) is 0 Å². The van der Waals surface area contributed by atoms with E-state index < -0.39 is 5.97 Å². The minimum atomic E-state index is -0.436. The average Bonchev–Trinajstić information content (AvgIpc) is 2.45. The lowest BCUT2D eigenvalue weighted by molar-refractivity contribution is -0.123. The minimum absolute atomic E-state index is 0.111. The van der Waals surface area contributed by atoms with E-state index in [1.54, 1.807) is 25.3 Å². The number of methoxy groups -OCH3 is 2. The van der Waals surface area contributed by atoms with Crippen LogP contribution < -0.4 is 10.1 Å². The van der Waals surface area contributed by atoms with Gasteiger partial charge in [0.05, 0.1) is 23.8 Å². The van der Waals surface area contributed by atoms with Gasteiger partial charge >= 0.3 is 5.97 Å². The normalized spacial score (nSPS) is 9.95. The first-order chi connectivity index (χ1) is 9.58. The fourth-order valence-electron chi connectivity index (χ4n) is 1.35. The van der Waals surface area contributed by atoms with Crippen molar-refractivity contribution in [2.45, 2.75) is 0 Å². The summed E-state index contributed by atoms with van der Waals surface area (Å²) in [6.45, 7) is 0.768. The molecule has 1 N–H and O–H groups in total. The number of benzene rings is 1. The molecule has 0 saturated heterocycles. The molecule has 0 bridgehead atoms. The summed E-state index contributed by atoms with van der Waals surface area (Å²) in [5, 5.41) is 2.63. The molecule has 6 nitrogen and oxygen atoms in total. The van der Waals surface area contributed by atoms with Crippen molar-refractivity contribution in [3.8, 4) is 5.75 Å². The number of rotatable bonds is 7. The maximum Gasteiger partial charge on any atom is 0.337 e. The molecule has 1 aromatic rings. The van der Waals surface area contributed by atoms with Gasteiger partial charge in [-0.2, -0.15) is 0 Å². The number of ether oxygens (including phenoxy) is 3. The molecule has 0 saturated carbocycles. The van der Waals surface area contributed by atoms with E-state index in [1.807, 2.05) is 0 Å². The van der Waals surface area contributed by atoms with Crippen LogP contribution >= 0.6 is 15.9 Å². The minimum Gasteiger partial charge on any atom is -0.483 e. The Kier molecular flexibility index (Phi) is 7.03. The van der Waals surface area contributed by atoms with Gasteiger partial charge in [0.25, 0.3) is 5.91 Å². The molecule has 0 aliphatic rings. The molecule has 1 amide bonds. The highest BCUT2D eigenvalue weighted by molar-refractivity contribution is 9.10. The smallest absolute Gasteiger partial charge is 0.337 e. The highest BCUT2D eigenvalue weighted by atomic mass is 79.9.